The Balaban J connectivity index is 1.46. The first kappa shape index (κ1) is 17.7. The van der Waals surface area contributed by atoms with Crippen LogP contribution >= 0.6 is 11.8 Å². The van der Waals surface area contributed by atoms with E-state index in [1.165, 1.54) is 37.4 Å². The van der Waals surface area contributed by atoms with Crippen LogP contribution in [0, 0.1) is 0 Å². The van der Waals surface area contributed by atoms with Crippen LogP contribution in [0.1, 0.15) is 56.8 Å². The lowest BCUT2D eigenvalue weighted by Gasteiger charge is -2.15. The number of nitrogens with one attached hydrogen (secondary N) is 1. The second-order valence-corrected chi connectivity index (χ2v) is 9.71. The molecule has 3 rings (SSSR count). The van der Waals surface area contributed by atoms with Gasteiger partial charge in [-0.3, -0.25) is 4.79 Å². The van der Waals surface area contributed by atoms with E-state index in [1.807, 2.05) is 0 Å². The maximum absolute atomic E-state index is 12.0. The predicted molar refractivity (Wildman–Crippen MR) is 90.7 cm³/mol. The van der Waals surface area contributed by atoms with Gasteiger partial charge in [-0.1, -0.05) is 37.4 Å². The number of hydrogen-bond acceptors (Lipinski definition) is 7. The van der Waals surface area contributed by atoms with Crippen LogP contribution in [0.5, 0.6) is 0 Å². The minimum Gasteiger partial charge on any atom is -0.416 e. The van der Waals surface area contributed by atoms with Crippen molar-refractivity contribution in [3.05, 3.63) is 5.89 Å². The minimum atomic E-state index is -2.98. The Morgan fingerprint density at radius 3 is 2.58 bits per heavy atom. The van der Waals surface area contributed by atoms with Crippen LogP contribution in [-0.2, 0) is 14.6 Å². The van der Waals surface area contributed by atoms with Gasteiger partial charge in [0.1, 0.15) is 0 Å². The molecule has 1 aliphatic heterocycles. The van der Waals surface area contributed by atoms with Crippen molar-refractivity contribution in [2.24, 2.45) is 0 Å². The summed E-state index contributed by atoms with van der Waals surface area (Å²) >= 11 is 1.20. The molecular formula is C15H23N3O4S2. The van der Waals surface area contributed by atoms with Crippen molar-refractivity contribution >= 4 is 27.5 Å². The molecule has 2 aliphatic rings. The Hall–Kier alpha value is -1.09. The van der Waals surface area contributed by atoms with E-state index >= 15 is 0 Å². The summed E-state index contributed by atoms with van der Waals surface area (Å²) in [5.41, 5.74) is 0. The highest BCUT2D eigenvalue weighted by molar-refractivity contribution is 7.99. The molecule has 1 amide bonds. The fourth-order valence-electron chi connectivity index (χ4n) is 3.25. The number of sulfone groups is 1. The molecule has 1 aliphatic carbocycles. The molecule has 0 spiro atoms. The van der Waals surface area contributed by atoms with Gasteiger partial charge < -0.3 is 9.73 Å². The molecule has 2 fully saturated rings. The number of aromatic nitrogens is 2. The molecule has 0 unspecified atom stereocenters. The van der Waals surface area contributed by atoms with Crippen LogP contribution in [-0.4, -0.2) is 47.8 Å². The minimum absolute atomic E-state index is 0.0184. The highest BCUT2D eigenvalue weighted by Gasteiger charge is 2.32. The molecule has 1 aromatic rings. The van der Waals surface area contributed by atoms with Crippen molar-refractivity contribution < 1.29 is 17.6 Å². The maximum Gasteiger partial charge on any atom is 0.277 e. The third kappa shape index (κ3) is 4.95. The molecule has 1 saturated carbocycles. The topological polar surface area (TPSA) is 102 Å². The predicted octanol–water partition coefficient (Wildman–Crippen LogP) is 1.90. The van der Waals surface area contributed by atoms with Crippen LogP contribution in [0.3, 0.4) is 0 Å². The van der Waals surface area contributed by atoms with Crippen molar-refractivity contribution in [2.45, 2.75) is 62.1 Å². The van der Waals surface area contributed by atoms with E-state index in [-0.39, 0.29) is 35.1 Å². The standard InChI is InChI=1S/C15H23N3O4S2/c19-13(16-12-5-3-1-2-4-6-12)9-23-15-18-17-14(22-15)11-7-8-24(20,21)10-11/h11-12H,1-10H2,(H,16,19)/t11-/m1/s1. The zero-order valence-corrected chi connectivity index (χ0v) is 15.2. The molecule has 7 nitrogen and oxygen atoms in total. The number of rotatable bonds is 5. The van der Waals surface area contributed by atoms with Crippen molar-refractivity contribution in [1.29, 1.82) is 0 Å². The Kier molecular flexibility index (Phi) is 5.80. The first-order chi connectivity index (χ1) is 11.5. The summed E-state index contributed by atoms with van der Waals surface area (Å²) in [6.07, 6.45) is 7.49. The molecule has 0 bridgehead atoms. The van der Waals surface area contributed by atoms with Gasteiger partial charge in [-0.15, -0.1) is 10.2 Å². The van der Waals surface area contributed by atoms with E-state index in [9.17, 15) is 13.2 Å². The van der Waals surface area contributed by atoms with E-state index in [4.69, 9.17) is 4.42 Å². The largest absolute Gasteiger partial charge is 0.416 e. The third-order valence-corrected chi connectivity index (χ3v) is 7.14. The van der Waals surface area contributed by atoms with Gasteiger partial charge in [0.25, 0.3) is 5.22 Å². The summed E-state index contributed by atoms with van der Waals surface area (Å²) in [7, 11) is -2.98. The van der Waals surface area contributed by atoms with Gasteiger partial charge in [0, 0.05) is 6.04 Å². The smallest absolute Gasteiger partial charge is 0.277 e. The molecule has 1 saturated heterocycles. The lowest BCUT2D eigenvalue weighted by Crippen LogP contribution is -2.35. The van der Waals surface area contributed by atoms with E-state index in [0.717, 1.165) is 12.8 Å². The Morgan fingerprint density at radius 2 is 1.92 bits per heavy atom. The maximum atomic E-state index is 12.0. The van der Waals surface area contributed by atoms with Crippen LogP contribution in [0.25, 0.3) is 0 Å². The summed E-state index contributed by atoms with van der Waals surface area (Å²) < 4.78 is 28.5. The molecule has 1 atom stereocenters. The number of amides is 1. The van der Waals surface area contributed by atoms with E-state index in [1.54, 1.807) is 0 Å². The fourth-order valence-corrected chi connectivity index (χ4v) is 5.57. The average Bonchev–Trinajstić information content (AvgIpc) is 3.06. The van der Waals surface area contributed by atoms with Gasteiger partial charge in [-0.25, -0.2) is 8.42 Å². The molecule has 1 aromatic heterocycles. The summed E-state index contributed by atoms with van der Waals surface area (Å²) in [5.74, 6) is 0.615. The second kappa shape index (κ2) is 7.86. The van der Waals surface area contributed by atoms with Gasteiger partial charge >= 0.3 is 0 Å². The van der Waals surface area contributed by atoms with Gasteiger partial charge in [0.15, 0.2) is 9.84 Å². The molecule has 2 heterocycles. The van der Waals surface area contributed by atoms with Crippen LogP contribution in [0.15, 0.2) is 9.64 Å². The average molecular weight is 374 g/mol. The highest BCUT2D eigenvalue weighted by atomic mass is 32.2. The Morgan fingerprint density at radius 1 is 1.17 bits per heavy atom. The van der Waals surface area contributed by atoms with Gasteiger partial charge in [0.05, 0.1) is 23.2 Å². The molecule has 1 N–H and O–H groups in total. The molecule has 24 heavy (non-hydrogen) atoms. The normalized spacial score (nSPS) is 24.6. The summed E-state index contributed by atoms with van der Waals surface area (Å²) in [6.45, 7) is 0. The van der Waals surface area contributed by atoms with E-state index in [0.29, 0.717) is 17.5 Å². The molecule has 0 aromatic carbocycles. The summed E-state index contributed by atoms with van der Waals surface area (Å²) in [5, 5.41) is 11.2. The summed E-state index contributed by atoms with van der Waals surface area (Å²) in [6, 6.07) is 0.280. The molecule has 0 radical (unpaired) electrons. The second-order valence-electron chi connectivity index (χ2n) is 6.55. The van der Waals surface area contributed by atoms with E-state index < -0.39 is 9.84 Å². The van der Waals surface area contributed by atoms with Crippen molar-refractivity contribution in [1.82, 2.24) is 15.5 Å². The molecule has 9 heteroatoms. The number of thioether (sulfide) groups is 1. The number of carbonyl (C=O) groups is 1. The SMILES string of the molecule is O=C(CSc1nnc([C@@H]2CCS(=O)(=O)C2)o1)NC1CCCCCC1. The highest BCUT2D eigenvalue weighted by Crippen LogP contribution is 2.29. The monoisotopic (exact) mass is 373 g/mol. The van der Waals surface area contributed by atoms with Gasteiger partial charge in [0.2, 0.25) is 11.8 Å². The third-order valence-electron chi connectivity index (χ3n) is 4.55. The molecular weight excluding hydrogens is 350 g/mol. The summed E-state index contributed by atoms with van der Waals surface area (Å²) in [4.78, 5) is 12.0. The van der Waals surface area contributed by atoms with Gasteiger partial charge in [-0.05, 0) is 19.3 Å². The Labute approximate surface area is 146 Å². The van der Waals surface area contributed by atoms with Gasteiger partial charge in [-0.2, -0.15) is 0 Å². The lowest BCUT2D eigenvalue weighted by atomic mass is 10.1. The first-order valence-electron chi connectivity index (χ1n) is 8.48. The molecule has 134 valence electrons. The van der Waals surface area contributed by atoms with Crippen molar-refractivity contribution in [2.75, 3.05) is 17.3 Å². The zero-order chi connectivity index (χ0) is 17.0. The number of hydrogen-bond donors (Lipinski definition) is 1. The van der Waals surface area contributed by atoms with E-state index in [2.05, 4.69) is 15.5 Å². The quantitative estimate of drug-likeness (QED) is 0.621. The first-order valence-corrected chi connectivity index (χ1v) is 11.3. The van der Waals surface area contributed by atoms with Crippen LogP contribution < -0.4 is 5.32 Å². The lowest BCUT2D eigenvalue weighted by molar-refractivity contribution is -0.119. The fraction of sp³-hybridized carbons (Fsp3) is 0.800. The Bertz CT molecular complexity index is 666. The number of nitrogens with zero attached hydrogens (tertiary/aromatic N) is 2. The zero-order valence-electron chi connectivity index (χ0n) is 13.6. The van der Waals surface area contributed by atoms with Crippen LogP contribution in [0.4, 0.5) is 0 Å². The van der Waals surface area contributed by atoms with Crippen molar-refractivity contribution in [3.63, 3.8) is 0 Å². The number of carbonyl (C=O) groups excluding carboxylic acids is 1. The van der Waals surface area contributed by atoms with Crippen molar-refractivity contribution in [3.8, 4) is 0 Å². The van der Waals surface area contributed by atoms with Crippen LogP contribution in [0.2, 0.25) is 0 Å².